The summed E-state index contributed by atoms with van der Waals surface area (Å²) in [6.07, 6.45) is 0.166. The van der Waals surface area contributed by atoms with E-state index in [0.717, 1.165) is 48.5 Å². The third kappa shape index (κ3) is 7.05. The number of hydrogen-bond donors (Lipinski definition) is 1. The lowest BCUT2D eigenvalue weighted by Crippen LogP contribution is -2.48. The predicted octanol–water partition coefficient (Wildman–Crippen LogP) is 2.98. The average Bonchev–Trinajstić information content (AvgIpc) is 2.49. The van der Waals surface area contributed by atoms with Crippen molar-refractivity contribution in [1.82, 2.24) is 9.80 Å². The van der Waals surface area contributed by atoms with Crippen LogP contribution in [0.2, 0.25) is 0 Å². The van der Waals surface area contributed by atoms with Crippen LogP contribution in [-0.4, -0.2) is 68.2 Å². The molecule has 0 unspecified atom stereocenters. The number of aryl methyl sites for hydroxylation is 1. The third-order valence-electron chi connectivity index (χ3n) is 4.24. The lowest BCUT2D eigenvalue weighted by Gasteiger charge is -2.35. The molecule has 1 atom stereocenters. The summed E-state index contributed by atoms with van der Waals surface area (Å²) in [6.45, 7) is 11.4. The fourth-order valence-corrected chi connectivity index (χ4v) is 3.66. The average molecular weight is 412 g/mol. The van der Waals surface area contributed by atoms with Crippen molar-refractivity contribution in [2.24, 2.45) is 5.92 Å². The van der Waals surface area contributed by atoms with E-state index in [0.29, 0.717) is 12.5 Å². The molecule has 5 nitrogen and oxygen atoms in total. The summed E-state index contributed by atoms with van der Waals surface area (Å²) in [5.41, 5.74) is 1.91. The number of nitrogens with zero attached hydrogens (tertiary/aromatic N) is 2. The van der Waals surface area contributed by atoms with Gasteiger partial charge in [0.15, 0.2) is 0 Å². The van der Waals surface area contributed by atoms with Crippen LogP contribution in [0.5, 0.6) is 0 Å². The van der Waals surface area contributed by atoms with Crippen LogP contribution in [0.3, 0.4) is 0 Å². The van der Waals surface area contributed by atoms with Crippen LogP contribution in [0.4, 0.5) is 5.69 Å². The minimum atomic E-state index is 0.00256. The molecule has 0 aliphatic carbocycles. The summed E-state index contributed by atoms with van der Waals surface area (Å²) in [6, 6.07) is 5.86. The van der Waals surface area contributed by atoms with Crippen LogP contribution in [0.1, 0.15) is 19.4 Å². The maximum absolute atomic E-state index is 12.3. The van der Waals surface area contributed by atoms with Gasteiger partial charge in [0.2, 0.25) is 5.91 Å². The van der Waals surface area contributed by atoms with Gasteiger partial charge in [-0.1, -0.05) is 29.8 Å². The summed E-state index contributed by atoms with van der Waals surface area (Å²) >= 11 is 3.44. The van der Waals surface area contributed by atoms with Gasteiger partial charge in [0.1, 0.15) is 0 Å². The summed E-state index contributed by atoms with van der Waals surface area (Å²) in [5, 5.41) is 2.99. The molecule has 0 bridgehead atoms. The number of likely N-dealkylation sites (N-methyl/N-ethyl adjacent to an activating group) is 1. The monoisotopic (exact) mass is 411 g/mol. The van der Waals surface area contributed by atoms with Crippen LogP contribution >= 0.6 is 15.9 Å². The molecule has 1 saturated heterocycles. The number of nitrogens with one attached hydrogen (secondary N) is 1. The first-order valence-corrected chi connectivity index (χ1v) is 9.71. The zero-order chi connectivity index (χ0) is 18.4. The number of halogens is 1. The lowest BCUT2D eigenvalue weighted by molar-refractivity contribution is -0.117. The van der Waals surface area contributed by atoms with Gasteiger partial charge in [0.05, 0.1) is 19.3 Å². The SMILES string of the molecule is Cc1cc(Br)ccc1NC(=O)CN(C)C[C@H]1CN(CC(C)C)CCO1. The number of benzene rings is 1. The zero-order valence-electron chi connectivity index (χ0n) is 15.7. The van der Waals surface area contributed by atoms with Gasteiger partial charge in [-0.25, -0.2) is 0 Å². The molecule has 1 aliphatic heterocycles. The standard InChI is InChI=1S/C19H30BrN3O2/c1-14(2)10-23-7-8-25-17(12-23)11-22(4)13-19(24)21-18-6-5-16(20)9-15(18)3/h5-6,9,14,17H,7-8,10-13H2,1-4H3,(H,21,24)/t17-/m0/s1. The molecular formula is C19H30BrN3O2. The Labute approximate surface area is 159 Å². The fourth-order valence-electron chi connectivity index (χ4n) is 3.19. The Morgan fingerprint density at radius 3 is 2.92 bits per heavy atom. The summed E-state index contributed by atoms with van der Waals surface area (Å²) in [7, 11) is 1.97. The van der Waals surface area contributed by atoms with Crippen molar-refractivity contribution in [3.05, 3.63) is 28.2 Å². The van der Waals surface area contributed by atoms with E-state index in [2.05, 4.69) is 40.0 Å². The largest absolute Gasteiger partial charge is 0.374 e. The zero-order valence-corrected chi connectivity index (χ0v) is 17.3. The first kappa shape index (κ1) is 20.4. The Hall–Kier alpha value is -0.950. The van der Waals surface area contributed by atoms with Crippen LogP contribution < -0.4 is 5.32 Å². The Balaban J connectivity index is 1.79. The highest BCUT2D eigenvalue weighted by atomic mass is 79.9. The minimum absolute atomic E-state index is 0.00256. The number of rotatable bonds is 7. The topological polar surface area (TPSA) is 44.8 Å². The Morgan fingerprint density at radius 1 is 1.48 bits per heavy atom. The smallest absolute Gasteiger partial charge is 0.238 e. The van der Waals surface area contributed by atoms with Gasteiger partial charge in [-0.15, -0.1) is 0 Å². The van der Waals surface area contributed by atoms with Crippen molar-refractivity contribution in [2.45, 2.75) is 26.9 Å². The van der Waals surface area contributed by atoms with Crippen molar-refractivity contribution in [3.8, 4) is 0 Å². The molecule has 1 aliphatic rings. The second-order valence-electron chi connectivity index (χ2n) is 7.35. The van der Waals surface area contributed by atoms with Crippen LogP contribution in [0.25, 0.3) is 0 Å². The number of amides is 1. The van der Waals surface area contributed by atoms with E-state index in [1.165, 1.54) is 0 Å². The molecule has 0 radical (unpaired) electrons. The third-order valence-corrected chi connectivity index (χ3v) is 4.73. The maximum atomic E-state index is 12.3. The molecular weight excluding hydrogens is 382 g/mol. The number of hydrogen-bond acceptors (Lipinski definition) is 4. The molecule has 1 aromatic carbocycles. The molecule has 25 heavy (non-hydrogen) atoms. The number of carbonyl (C=O) groups excluding carboxylic acids is 1. The first-order valence-electron chi connectivity index (χ1n) is 8.92. The lowest BCUT2D eigenvalue weighted by atomic mass is 10.1. The summed E-state index contributed by atoms with van der Waals surface area (Å²) in [5.74, 6) is 0.666. The molecule has 6 heteroatoms. The Bertz CT molecular complexity index is 580. The number of ether oxygens (including phenoxy) is 1. The van der Waals surface area contributed by atoms with E-state index < -0.39 is 0 Å². The summed E-state index contributed by atoms with van der Waals surface area (Å²) in [4.78, 5) is 16.8. The quantitative estimate of drug-likeness (QED) is 0.748. The van der Waals surface area contributed by atoms with E-state index in [-0.39, 0.29) is 12.0 Å². The van der Waals surface area contributed by atoms with Gasteiger partial charge < -0.3 is 10.1 Å². The maximum Gasteiger partial charge on any atom is 0.238 e. The Kier molecular flexibility index (Phi) is 7.87. The van der Waals surface area contributed by atoms with Crippen LogP contribution in [0.15, 0.2) is 22.7 Å². The molecule has 0 saturated carbocycles. The minimum Gasteiger partial charge on any atom is -0.374 e. The normalized spacial score (nSPS) is 18.8. The van der Waals surface area contributed by atoms with Crippen molar-refractivity contribution in [1.29, 1.82) is 0 Å². The van der Waals surface area contributed by atoms with Crippen molar-refractivity contribution >= 4 is 27.5 Å². The first-order chi connectivity index (χ1) is 11.8. The number of anilines is 1. The molecule has 1 fully saturated rings. The highest BCUT2D eigenvalue weighted by Crippen LogP contribution is 2.20. The van der Waals surface area contributed by atoms with Crippen molar-refractivity contribution in [2.75, 3.05) is 51.7 Å². The predicted molar refractivity (Wildman–Crippen MR) is 106 cm³/mol. The molecule has 140 valence electrons. The molecule has 1 heterocycles. The van der Waals surface area contributed by atoms with Gasteiger partial charge in [-0.3, -0.25) is 14.6 Å². The van der Waals surface area contributed by atoms with Gasteiger partial charge in [-0.05, 0) is 43.7 Å². The van der Waals surface area contributed by atoms with Crippen molar-refractivity contribution < 1.29 is 9.53 Å². The second-order valence-corrected chi connectivity index (χ2v) is 8.27. The second kappa shape index (κ2) is 9.67. The highest BCUT2D eigenvalue weighted by Gasteiger charge is 2.22. The molecule has 0 spiro atoms. The molecule has 1 aromatic rings. The van der Waals surface area contributed by atoms with E-state index in [1.54, 1.807) is 0 Å². The van der Waals surface area contributed by atoms with E-state index in [4.69, 9.17) is 4.74 Å². The van der Waals surface area contributed by atoms with Crippen LogP contribution in [0, 0.1) is 12.8 Å². The molecule has 2 rings (SSSR count). The van der Waals surface area contributed by atoms with Gasteiger partial charge in [0, 0.05) is 36.3 Å². The molecule has 0 aromatic heterocycles. The number of carbonyl (C=O) groups is 1. The fraction of sp³-hybridized carbons (Fsp3) is 0.632. The van der Waals surface area contributed by atoms with E-state index in [1.807, 2.05) is 37.1 Å². The highest BCUT2D eigenvalue weighted by molar-refractivity contribution is 9.10. The van der Waals surface area contributed by atoms with Gasteiger partial charge in [-0.2, -0.15) is 0 Å². The Morgan fingerprint density at radius 2 is 2.24 bits per heavy atom. The number of morpholine rings is 1. The van der Waals surface area contributed by atoms with Gasteiger partial charge >= 0.3 is 0 Å². The van der Waals surface area contributed by atoms with E-state index >= 15 is 0 Å². The van der Waals surface area contributed by atoms with E-state index in [9.17, 15) is 4.79 Å². The molecule has 1 N–H and O–H groups in total. The van der Waals surface area contributed by atoms with Crippen molar-refractivity contribution in [3.63, 3.8) is 0 Å². The molecule has 1 amide bonds. The summed E-state index contributed by atoms with van der Waals surface area (Å²) < 4.78 is 6.89. The van der Waals surface area contributed by atoms with Gasteiger partial charge in [0.25, 0.3) is 0 Å². The van der Waals surface area contributed by atoms with Crippen LogP contribution in [-0.2, 0) is 9.53 Å².